The molecule has 0 aliphatic carbocycles. The summed E-state index contributed by atoms with van der Waals surface area (Å²) in [6.07, 6.45) is -1.26. The van der Waals surface area contributed by atoms with E-state index in [4.69, 9.17) is 0 Å². The Bertz CT molecular complexity index is 1100. The lowest BCUT2D eigenvalue weighted by Gasteiger charge is -2.19. The van der Waals surface area contributed by atoms with Crippen molar-refractivity contribution in [3.63, 3.8) is 0 Å². The molecule has 1 aliphatic heterocycles. The maximum absolute atomic E-state index is 12.8. The number of rotatable bonds is 6. The standard InChI is InChI=1S/C21H18F3N5O2S/c22-21(23,24)16-3-1-14(2-4-16)12-28-7-8-29(20(28)31)18-9-15(5-6-26-18)19(30)27-11-17-10-25-13-32-17/h1-6,9-10,13H,7-8,11-12H2,(H,27,30). The summed E-state index contributed by atoms with van der Waals surface area (Å²) in [7, 11) is 0. The van der Waals surface area contributed by atoms with Gasteiger partial charge in [-0.05, 0) is 29.8 Å². The normalized spacial score (nSPS) is 14.2. The Morgan fingerprint density at radius 3 is 2.62 bits per heavy atom. The quantitative estimate of drug-likeness (QED) is 0.604. The van der Waals surface area contributed by atoms with Crippen LogP contribution in [0.2, 0.25) is 0 Å². The highest BCUT2D eigenvalue weighted by Crippen LogP contribution is 2.29. The number of thiazole rings is 1. The summed E-state index contributed by atoms with van der Waals surface area (Å²) < 4.78 is 38.2. The number of benzene rings is 1. The molecule has 0 spiro atoms. The van der Waals surface area contributed by atoms with Gasteiger partial charge < -0.3 is 10.2 Å². The van der Waals surface area contributed by atoms with Gasteiger partial charge in [-0.2, -0.15) is 13.2 Å². The lowest BCUT2D eigenvalue weighted by molar-refractivity contribution is -0.137. The van der Waals surface area contributed by atoms with Gasteiger partial charge in [0, 0.05) is 42.5 Å². The van der Waals surface area contributed by atoms with E-state index in [0.717, 1.165) is 17.0 Å². The number of carbonyl (C=O) groups excluding carboxylic acids is 2. The van der Waals surface area contributed by atoms with E-state index < -0.39 is 11.7 Å². The first kappa shape index (κ1) is 21.8. The van der Waals surface area contributed by atoms with Crippen molar-refractivity contribution in [3.05, 3.63) is 75.9 Å². The Morgan fingerprint density at radius 2 is 1.94 bits per heavy atom. The highest BCUT2D eigenvalue weighted by Gasteiger charge is 2.32. The third-order valence-electron chi connectivity index (χ3n) is 4.94. The first-order valence-corrected chi connectivity index (χ1v) is 10.5. The summed E-state index contributed by atoms with van der Waals surface area (Å²) >= 11 is 1.43. The highest BCUT2D eigenvalue weighted by atomic mass is 32.1. The fraction of sp³-hybridized carbons (Fsp3) is 0.238. The number of urea groups is 1. The summed E-state index contributed by atoms with van der Waals surface area (Å²) in [5, 5.41) is 2.80. The second kappa shape index (κ2) is 8.95. The summed E-state index contributed by atoms with van der Waals surface area (Å²) in [6.45, 7) is 1.29. The van der Waals surface area contributed by atoms with E-state index in [9.17, 15) is 22.8 Å². The fourth-order valence-corrected chi connectivity index (χ4v) is 3.80. The number of alkyl halides is 3. The van der Waals surface area contributed by atoms with Gasteiger partial charge in [0.05, 0.1) is 17.6 Å². The van der Waals surface area contributed by atoms with E-state index in [0.29, 0.717) is 36.6 Å². The molecule has 1 aliphatic rings. The number of anilines is 1. The Kier molecular flexibility index (Phi) is 6.08. The molecule has 2 aromatic heterocycles. The predicted octanol–water partition coefficient (Wildman–Crippen LogP) is 3.93. The van der Waals surface area contributed by atoms with E-state index in [1.54, 1.807) is 23.8 Å². The van der Waals surface area contributed by atoms with Crippen molar-refractivity contribution in [1.29, 1.82) is 0 Å². The van der Waals surface area contributed by atoms with E-state index in [1.807, 2.05) is 0 Å². The first-order chi connectivity index (χ1) is 15.3. The molecule has 3 amide bonds. The molecule has 32 heavy (non-hydrogen) atoms. The molecule has 7 nitrogen and oxygen atoms in total. The monoisotopic (exact) mass is 461 g/mol. The Balaban J connectivity index is 1.40. The van der Waals surface area contributed by atoms with Crippen LogP contribution >= 0.6 is 11.3 Å². The van der Waals surface area contributed by atoms with Crippen molar-refractivity contribution >= 4 is 29.1 Å². The van der Waals surface area contributed by atoms with Gasteiger partial charge in [-0.15, -0.1) is 11.3 Å². The van der Waals surface area contributed by atoms with Gasteiger partial charge in [0.1, 0.15) is 5.82 Å². The molecule has 166 valence electrons. The van der Waals surface area contributed by atoms with Crippen LogP contribution in [-0.2, 0) is 19.3 Å². The SMILES string of the molecule is O=C(NCc1cncs1)c1ccnc(N2CCN(Cc3ccc(C(F)(F)F)cc3)C2=O)c1. The van der Waals surface area contributed by atoms with Gasteiger partial charge >= 0.3 is 12.2 Å². The van der Waals surface area contributed by atoms with Crippen LogP contribution in [0.3, 0.4) is 0 Å². The molecule has 1 fully saturated rings. The summed E-state index contributed by atoms with van der Waals surface area (Å²) in [5.41, 5.74) is 1.91. The van der Waals surface area contributed by atoms with Gasteiger partial charge in [-0.25, -0.2) is 9.78 Å². The molecule has 1 saturated heterocycles. The van der Waals surface area contributed by atoms with E-state index >= 15 is 0 Å². The summed E-state index contributed by atoms with van der Waals surface area (Å²) in [4.78, 5) is 37.3. The second-order valence-electron chi connectivity index (χ2n) is 7.10. The third-order valence-corrected chi connectivity index (χ3v) is 5.72. The average Bonchev–Trinajstić information content (AvgIpc) is 3.42. The lowest BCUT2D eigenvalue weighted by Crippen LogP contribution is -2.32. The van der Waals surface area contributed by atoms with Crippen LogP contribution in [0, 0.1) is 0 Å². The molecule has 0 radical (unpaired) electrons. The second-order valence-corrected chi connectivity index (χ2v) is 8.07. The van der Waals surface area contributed by atoms with Gasteiger partial charge in [-0.1, -0.05) is 12.1 Å². The molecular weight excluding hydrogens is 443 g/mol. The van der Waals surface area contributed by atoms with Crippen molar-refractivity contribution in [2.45, 2.75) is 19.3 Å². The minimum atomic E-state index is -4.40. The molecule has 0 atom stereocenters. The molecule has 3 heterocycles. The molecule has 11 heteroatoms. The maximum atomic E-state index is 12.8. The van der Waals surface area contributed by atoms with E-state index in [2.05, 4.69) is 15.3 Å². The van der Waals surface area contributed by atoms with E-state index in [1.165, 1.54) is 39.5 Å². The number of carbonyl (C=O) groups is 2. The van der Waals surface area contributed by atoms with Gasteiger partial charge in [0.15, 0.2) is 0 Å². The molecule has 0 unspecified atom stereocenters. The molecule has 1 N–H and O–H groups in total. The number of halogens is 3. The molecule has 4 rings (SSSR count). The zero-order valence-corrected chi connectivity index (χ0v) is 17.5. The van der Waals surface area contributed by atoms with Gasteiger partial charge in [0.2, 0.25) is 0 Å². The Labute approximate surface area is 185 Å². The number of hydrogen-bond donors (Lipinski definition) is 1. The Morgan fingerprint density at radius 1 is 1.16 bits per heavy atom. The number of amides is 3. The zero-order chi connectivity index (χ0) is 22.7. The van der Waals surface area contributed by atoms with Crippen molar-refractivity contribution in [1.82, 2.24) is 20.2 Å². The van der Waals surface area contributed by atoms with Crippen LogP contribution in [0.15, 0.2) is 54.3 Å². The molecule has 0 saturated carbocycles. The number of nitrogens with zero attached hydrogens (tertiary/aromatic N) is 4. The molecule has 1 aromatic carbocycles. The predicted molar refractivity (Wildman–Crippen MR) is 112 cm³/mol. The topological polar surface area (TPSA) is 78.4 Å². The minimum absolute atomic E-state index is 0.183. The molecule has 3 aromatic rings. The van der Waals surface area contributed by atoms with Crippen molar-refractivity contribution in [2.75, 3.05) is 18.0 Å². The van der Waals surface area contributed by atoms with Gasteiger partial charge in [0.25, 0.3) is 5.91 Å². The number of aromatic nitrogens is 2. The third kappa shape index (κ3) is 4.88. The van der Waals surface area contributed by atoms with Crippen LogP contribution in [0.25, 0.3) is 0 Å². The summed E-state index contributed by atoms with van der Waals surface area (Å²) in [5.74, 6) is 0.0469. The van der Waals surface area contributed by atoms with Crippen LogP contribution in [0.1, 0.15) is 26.4 Å². The van der Waals surface area contributed by atoms with Crippen molar-refractivity contribution in [3.8, 4) is 0 Å². The molecule has 0 bridgehead atoms. The largest absolute Gasteiger partial charge is 0.416 e. The Hall–Kier alpha value is -3.47. The van der Waals surface area contributed by atoms with Crippen LogP contribution in [0.5, 0.6) is 0 Å². The number of hydrogen-bond acceptors (Lipinski definition) is 5. The van der Waals surface area contributed by atoms with Crippen molar-refractivity contribution in [2.24, 2.45) is 0 Å². The van der Waals surface area contributed by atoms with Crippen LogP contribution in [0.4, 0.5) is 23.8 Å². The minimum Gasteiger partial charge on any atom is -0.347 e. The number of pyridine rings is 1. The van der Waals surface area contributed by atoms with E-state index in [-0.39, 0.29) is 18.5 Å². The first-order valence-electron chi connectivity index (χ1n) is 9.65. The zero-order valence-electron chi connectivity index (χ0n) is 16.7. The van der Waals surface area contributed by atoms with Crippen molar-refractivity contribution < 1.29 is 22.8 Å². The maximum Gasteiger partial charge on any atom is 0.416 e. The molecular formula is C21H18F3N5O2S. The number of nitrogens with one attached hydrogen (secondary N) is 1. The lowest BCUT2D eigenvalue weighted by atomic mass is 10.1. The average molecular weight is 461 g/mol. The van der Waals surface area contributed by atoms with Gasteiger partial charge in [-0.3, -0.25) is 14.7 Å². The van der Waals surface area contributed by atoms with Crippen LogP contribution < -0.4 is 10.2 Å². The fourth-order valence-electron chi connectivity index (χ4n) is 3.27. The highest BCUT2D eigenvalue weighted by molar-refractivity contribution is 7.09. The van der Waals surface area contributed by atoms with Crippen LogP contribution in [-0.4, -0.2) is 39.9 Å². The smallest absolute Gasteiger partial charge is 0.347 e. The summed E-state index contributed by atoms with van der Waals surface area (Å²) in [6, 6.07) is 7.52.